The SMILES string of the molecule is NC(=O)c1ccc(CSCC2(CC(=O)O)CC2)c(Cl)c1. The second kappa shape index (κ2) is 6.06. The quantitative estimate of drug-likeness (QED) is 0.811. The number of primary amides is 1. The van der Waals surface area contributed by atoms with Gasteiger partial charge in [-0.1, -0.05) is 17.7 Å². The lowest BCUT2D eigenvalue weighted by atomic mass is 10.1. The lowest BCUT2D eigenvalue weighted by Gasteiger charge is -2.12. The van der Waals surface area contributed by atoms with E-state index >= 15 is 0 Å². The molecule has 1 aromatic rings. The van der Waals surface area contributed by atoms with E-state index in [4.69, 9.17) is 22.4 Å². The van der Waals surface area contributed by atoms with Crippen molar-refractivity contribution < 1.29 is 14.7 Å². The Labute approximate surface area is 126 Å². The van der Waals surface area contributed by atoms with Gasteiger partial charge in [0, 0.05) is 16.3 Å². The number of thioether (sulfide) groups is 1. The summed E-state index contributed by atoms with van der Waals surface area (Å²) in [7, 11) is 0. The summed E-state index contributed by atoms with van der Waals surface area (Å²) in [5.41, 5.74) is 6.50. The maximum Gasteiger partial charge on any atom is 0.303 e. The van der Waals surface area contributed by atoms with Gasteiger partial charge in [0.25, 0.3) is 0 Å². The van der Waals surface area contributed by atoms with Gasteiger partial charge in [-0.05, 0) is 41.7 Å². The van der Waals surface area contributed by atoms with Crippen LogP contribution in [0.2, 0.25) is 5.02 Å². The molecule has 1 aliphatic carbocycles. The van der Waals surface area contributed by atoms with Crippen LogP contribution in [0.1, 0.15) is 35.2 Å². The molecule has 0 aliphatic heterocycles. The number of rotatable bonds is 7. The van der Waals surface area contributed by atoms with Crippen molar-refractivity contribution in [1.82, 2.24) is 0 Å². The van der Waals surface area contributed by atoms with Gasteiger partial charge in [-0.15, -0.1) is 0 Å². The lowest BCUT2D eigenvalue weighted by Crippen LogP contribution is -2.11. The summed E-state index contributed by atoms with van der Waals surface area (Å²) in [4.78, 5) is 21.8. The third-order valence-corrected chi connectivity index (χ3v) is 5.17. The van der Waals surface area contributed by atoms with Crippen LogP contribution in [0.5, 0.6) is 0 Å². The number of aliphatic carboxylic acids is 1. The average Bonchev–Trinajstić information content (AvgIpc) is 3.10. The number of carboxylic acid groups (broad SMARTS) is 1. The van der Waals surface area contributed by atoms with E-state index in [-0.39, 0.29) is 11.8 Å². The Balaban J connectivity index is 1.88. The highest BCUT2D eigenvalue weighted by molar-refractivity contribution is 7.98. The van der Waals surface area contributed by atoms with Crippen LogP contribution in [0.15, 0.2) is 18.2 Å². The smallest absolute Gasteiger partial charge is 0.303 e. The number of benzene rings is 1. The molecule has 1 saturated carbocycles. The van der Waals surface area contributed by atoms with Crippen LogP contribution in [-0.4, -0.2) is 22.7 Å². The number of halogens is 1. The molecule has 0 saturated heterocycles. The minimum absolute atomic E-state index is 0.0177. The predicted octanol–water partition coefficient (Wildman–Crippen LogP) is 2.93. The molecule has 3 N–H and O–H groups in total. The highest BCUT2D eigenvalue weighted by Gasteiger charge is 2.44. The van der Waals surface area contributed by atoms with E-state index in [0.717, 1.165) is 24.2 Å². The summed E-state index contributed by atoms with van der Waals surface area (Å²) in [6.07, 6.45) is 2.22. The number of hydrogen-bond acceptors (Lipinski definition) is 3. The molecule has 108 valence electrons. The van der Waals surface area contributed by atoms with E-state index in [1.54, 1.807) is 30.0 Å². The van der Waals surface area contributed by atoms with Gasteiger partial charge in [0.15, 0.2) is 0 Å². The summed E-state index contributed by atoms with van der Waals surface area (Å²) >= 11 is 7.79. The zero-order chi connectivity index (χ0) is 14.8. The Morgan fingerprint density at radius 3 is 2.60 bits per heavy atom. The zero-order valence-corrected chi connectivity index (χ0v) is 12.5. The number of amides is 1. The maximum absolute atomic E-state index is 11.0. The van der Waals surface area contributed by atoms with Crippen LogP contribution in [0, 0.1) is 5.41 Å². The van der Waals surface area contributed by atoms with E-state index < -0.39 is 11.9 Å². The highest BCUT2D eigenvalue weighted by atomic mass is 35.5. The minimum Gasteiger partial charge on any atom is -0.481 e. The summed E-state index contributed by atoms with van der Waals surface area (Å²) in [6.45, 7) is 0. The van der Waals surface area contributed by atoms with Crippen molar-refractivity contribution in [3.63, 3.8) is 0 Å². The van der Waals surface area contributed by atoms with Crippen molar-refractivity contribution in [1.29, 1.82) is 0 Å². The first-order valence-corrected chi connectivity index (χ1v) is 7.83. The first-order valence-electron chi connectivity index (χ1n) is 6.30. The van der Waals surface area contributed by atoms with E-state index in [2.05, 4.69) is 0 Å². The van der Waals surface area contributed by atoms with E-state index in [0.29, 0.717) is 16.3 Å². The van der Waals surface area contributed by atoms with Crippen molar-refractivity contribution in [2.45, 2.75) is 25.0 Å². The molecule has 4 nitrogen and oxygen atoms in total. The second-order valence-electron chi connectivity index (χ2n) is 5.23. The van der Waals surface area contributed by atoms with Crippen molar-refractivity contribution in [3.8, 4) is 0 Å². The van der Waals surface area contributed by atoms with E-state index in [1.807, 2.05) is 0 Å². The van der Waals surface area contributed by atoms with Gasteiger partial charge in [-0.3, -0.25) is 9.59 Å². The molecule has 0 atom stereocenters. The van der Waals surface area contributed by atoms with Gasteiger partial charge in [-0.25, -0.2) is 0 Å². The van der Waals surface area contributed by atoms with Gasteiger partial charge >= 0.3 is 5.97 Å². The average molecular weight is 314 g/mol. The Hall–Kier alpha value is -1.20. The number of carboxylic acids is 1. The fourth-order valence-corrected chi connectivity index (χ4v) is 3.79. The number of carbonyl (C=O) groups excluding carboxylic acids is 1. The van der Waals surface area contributed by atoms with Gasteiger partial charge in [0.05, 0.1) is 6.42 Å². The van der Waals surface area contributed by atoms with Gasteiger partial charge in [0.2, 0.25) is 5.91 Å². The van der Waals surface area contributed by atoms with Gasteiger partial charge in [0.1, 0.15) is 0 Å². The first-order chi connectivity index (χ1) is 9.42. The van der Waals surface area contributed by atoms with Gasteiger partial charge < -0.3 is 10.8 Å². The largest absolute Gasteiger partial charge is 0.481 e. The molecule has 0 heterocycles. The molecule has 1 amide bonds. The molecule has 0 bridgehead atoms. The monoisotopic (exact) mass is 313 g/mol. The molecule has 0 aromatic heterocycles. The summed E-state index contributed by atoms with van der Waals surface area (Å²) < 4.78 is 0. The molecular weight excluding hydrogens is 298 g/mol. The molecule has 6 heteroatoms. The zero-order valence-electron chi connectivity index (χ0n) is 10.9. The van der Waals surface area contributed by atoms with Crippen LogP contribution < -0.4 is 5.73 Å². The number of nitrogens with two attached hydrogens (primary N) is 1. The Bertz CT molecular complexity index is 543. The molecule has 2 rings (SSSR count). The fraction of sp³-hybridized carbons (Fsp3) is 0.429. The van der Waals surface area contributed by atoms with Crippen LogP contribution in [0.4, 0.5) is 0 Å². The number of hydrogen-bond donors (Lipinski definition) is 2. The molecule has 20 heavy (non-hydrogen) atoms. The van der Waals surface area contributed by atoms with Crippen LogP contribution in [0.25, 0.3) is 0 Å². The molecule has 1 fully saturated rings. The molecule has 1 aliphatic rings. The van der Waals surface area contributed by atoms with E-state index in [9.17, 15) is 9.59 Å². The highest BCUT2D eigenvalue weighted by Crippen LogP contribution is 2.51. The maximum atomic E-state index is 11.0. The van der Waals surface area contributed by atoms with Crippen LogP contribution in [-0.2, 0) is 10.5 Å². The second-order valence-corrected chi connectivity index (χ2v) is 6.63. The Kier molecular flexibility index (Phi) is 4.60. The Morgan fingerprint density at radius 2 is 2.10 bits per heavy atom. The standard InChI is InChI=1S/C14H16ClNO3S/c15-11-5-9(13(16)19)1-2-10(11)7-20-8-14(3-4-14)6-12(17)18/h1-2,5H,3-4,6-8H2,(H2,16,19)(H,17,18). The lowest BCUT2D eigenvalue weighted by molar-refractivity contribution is -0.138. The third kappa shape index (κ3) is 3.90. The van der Waals surface area contributed by atoms with Crippen molar-refractivity contribution in [2.75, 3.05) is 5.75 Å². The fourth-order valence-electron chi connectivity index (χ4n) is 2.06. The van der Waals surface area contributed by atoms with Crippen molar-refractivity contribution in [3.05, 3.63) is 34.3 Å². The molecule has 1 aromatic carbocycles. The number of carbonyl (C=O) groups is 2. The summed E-state index contributed by atoms with van der Waals surface area (Å²) in [6, 6.07) is 5.03. The van der Waals surface area contributed by atoms with Crippen LogP contribution >= 0.6 is 23.4 Å². The third-order valence-electron chi connectivity index (χ3n) is 3.49. The summed E-state index contributed by atoms with van der Waals surface area (Å²) in [5, 5.41) is 9.38. The predicted molar refractivity (Wildman–Crippen MR) is 80.1 cm³/mol. The topological polar surface area (TPSA) is 80.4 Å². The molecular formula is C14H16ClNO3S. The van der Waals surface area contributed by atoms with E-state index in [1.165, 1.54) is 0 Å². The van der Waals surface area contributed by atoms with Crippen molar-refractivity contribution in [2.24, 2.45) is 11.1 Å². The van der Waals surface area contributed by atoms with Crippen molar-refractivity contribution >= 4 is 35.2 Å². The molecule has 0 unspecified atom stereocenters. The first kappa shape index (κ1) is 15.2. The van der Waals surface area contributed by atoms with Crippen LogP contribution in [0.3, 0.4) is 0 Å². The minimum atomic E-state index is -0.730. The molecule has 0 spiro atoms. The normalized spacial score (nSPS) is 15.8. The summed E-state index contributed by atoms with van der Waals surface area (Å²) in [5.74, 6) is 0.309. The molecule has 0 radical (unpaired) electrons. The van der Waals surface area contributed by atoms with Gasteiger partial charge in [-0.2, -0.15) is 11.8 Å². The Morgan fingerprint density at radius 1 is 1.40 bits per heavy atom.